The molecule has 1 aliphatic heterocycles. The van der Waals surface area contributed by atoms with Gasteiger partial charge >= 0.3 is 11.9 Å². The van der Waals surface area contributed by atoms with Gasteiger partial charge in [0.15, 0.2) is 5.88 Å². The number of carboxylic acids is 2. The lowest BCUT2D eigenvalue weighted by Gasteiger charge is -2.03. The molecule has 1 saturated heterocycles. The molecule has 1 aliphatic rings. The molecule has 1 fully saturated rings. The zero-order valence-corrected chi connectivity index (χ0v) is 25.1. The van der Waals surface area contributed by atoms with Gasteiger partial charge in [0.1, 0.15) is 0 Å². The van der Waals surface area contributed by atoms with Crippen LogP contribution in [0.5, 0.6) is 5.88 Å². The number of H-pyrrole nitrogens is 3. The Bertz CT molecular complexity index is 1810. The van der Waals surface area contributed by atoms with E-state index in [1.54, 1.807) is 6.08 Å². The maximum Gasteiger partial charge on any atom is 0.303 e. The number of nitrogens with one attached hydrogen (secondary N) is 4. The lowest BCUT2D eigenvalue weighted by atomic mass is 10.00. The van der Waals surface area contributed by atoms with Gasteiger partial charge in [-0.3, -0.25) is 14.4 Å². The van der Waals surface area contributed by atoms with Gasteiger partial charge in [0.05, 0.1) is 5.92 Å². The summed E-state index contributed by atoms with van der Waals surface area (Å²) in [7, 11) is 0. The topological polar surface area (TPSA) is 171 Å². The minimum atomic E-state index is -0.919. The average molecular weight is 587 g/mol. The molecule has 0 saturated carbocycles. The van der Waals surface area contributed by atoms with Crippen molar-refractivity contribution in [2.45, 2.75) is 60.3 Å². The Labute approximate surface area is 249 Å². The van der Waals surface area contributed by atoms with Crippen molar-refractivity contribution in [1.29, 1.82) is 0 Å². The third kappa shape index (κ3) is 6.28. The summed E-state index contributed by atoms with van der Waals surface area (Å²) in [5.41, 5.74) is 8.48. The number of aromatic hydroxyl groups is 1. The first-order chi connectivity index (χ1) is 20.4. The Morgan fingerprint density at radius 1 is 0.837 bits per heavy atom. The number of aromatic nitrogens is 3. The normalized spacial score (nSPS) is 17.8. The smallest absolute Gasteiger partial charge is 0.303 e. The molecule has 4 heterocycles. The second-order valence-corrected chi connectivity index (χ2v) is 10.8. The molecule has 4 rings (SSSR count). The van der Waals surface area contributed by atoms with Crippen molar-refractivity contribution < 1.29 is 29.7 Å². The molecule has 10 nitrogen and oxygen atoms in total. The molecule has 0 radical (unpaired) electrons. The monoisotopic (exact) mass is 586 g/mol. The molecule has 1 atom stereocenters. The average Bonchev–Trinajstić information content (AvgIpc) is 3.59. The molecule has 43 heavy (non-hydrogen) atoms. The van der Waals surface area contributed by atoms with Gasteiger partial charge in [-0.15, -0.1) is 0 Å². The van der Waals surface area contributed by atoms with Crippen LogP contribution >= 0.6 is 0 Å². The number of aromatic amines is 3. The van der Waals surface area contributed by atoms with Crippen molar-refractivity contribution >= 4 is 42.1 Å². The standard InChI is InChI=1S/C33H38N4O6/c1-7-20-19(6)32(42)37-27(20)14-25-18(5)23(10-12-31(40)41)29(35-25)15-28-22(9-11-30(38)39)17(4)24(34-28)13-26-16(3)21(8-2)33(43)36-26/h7-8,13-15,19,34-36,43H,2,9-12H2,1,3-6H3,(H,37,42)(H,38,39)(H,40,41)/b20-7+,24-13+,27-14-,28-15-/t19-/m0/s1. The molecule has 0 bridgehead atoms. The van der Waals surface area contributed by atoms with Crippen LogP contribution in [-0.2, 0) is 27.2 Å². The number of amides is 1. The first kappa shape index (κ1) is 31.0. The van der Waals surface area contributed by atoms with E-state index >= 15 is 0 Å². The van der Waals surface area contributed by atoms with Crippen molar-refractivity contribution in [3.05, 3.63) is 85.1 Å². The number of aliphatic carboxylic acids is 2. The van der Waals surface area contributed by atoms with E-state index in [-0.39, 0.29) is 43.4 Å². The molecular formula is C33H38N4O6. The number of carboxylic acid groups (broad SMARTS) is 2. The maximum atomic E-state index is 12.3. The number of carbonyl (C=O) groups is 3. The van der Waals surface area contributed by atoms with Gasteiger partial charge in [0.25, 0.3) is 0 Å². The third-order valence-electron chi connectivity index (χ3n) is 8.21. The predicted octanol–water partition coefficient (Wildman–Crippen LogP) is 3.69. The Hall–Kier alpha value is -4.99. The highest BCUT2D eigenvalue weighted by atomic mass is 16.4. The van der Waals surface area contributed by atoms with Crippen LogP contribution in [0.3, 0.4) is 0 Å². The zero-order chi connectivity index (χ0) is 31.6. The summed E-state index contributed by atoms with van der Waals surface area (Å²) >= 11 is 0. The van der Waals surface area contributed by atoms with E-state index in [4.69, 9.17) is 0 Å². The van der Waals surface area contributed by atoms with E-state index in [0.717, 1.165) is 44.4 Å². The van der Waals surface area contributed by atoms with E-state index in [1.165, 1.54) is 0 Å². The fourth-order valence-corrected chi connectivity index (χ4v) is 5.65. The first-order valence-corrected chi connectivity index (χ1v) is 14.1. The summed E-state index contributed by atoms with van der Waals surface area (Å²) in [4.78, 5) is 45.2. The number of hydrogen-bond donors (Lipinski definition) is 7. The molecule has 0 aromatic carbocycles. The number of carbonyl (C=O) groups excluding carboxylic acids is 1. The highest BCUT2D eigenvalue weighted by Crippen LogP contribution is 2.30. The highest BCUT2D eigenvalue weighted by Gasteiger charge is 2.29. The molecular weight excluding hydrogens is 548 g/mol. The maximum absolute atomic E-state index is 12.3. The molecule has 0 unspecified atom stereocenters. The van der Waals surface area contributed by atoms with Crippen LogP contribution < -0.4 is 16.0 Å². The fourth-order valence-electron chi connectivity index (χ4n) is 5.65. The lowest BCUT2D eigenvalue weighted by Crippen LogP contribution is -2.16. The Kier molecular flexibility index (Phi) is 8.99. The number of hydrogen-bond acceptors (Lipinski definition) is 4. The van der Waals surface area contributed by atoms with E-state index in [1.807, 2.05) is 58.9 Å². The molecule has 0 spiro atoms. The Balaban J connectivity index is 1.93. The largest absolute Gasteiger partial charge is 0.494 e. The molecule has 226 valence electrons. The highest BCUT2D eigenvalue weighted by molar-refractivity contribution is 5.91. The fraction of sp³-hybridized carbons (Fsp3) is 0.303. The van der Waals surface area contributed by atoms with Gasteiger partial charge in [-0.2, -0.15) is 0 Å². The second kappa shape index (κ2) is 12.5. The summed E-state index contributed by atoms with van der Waals surface area (Å²) in [6.07, 6.45) is 9.52. The Morgan fingerprint density at radius 2 is 1.44 bits per heavy atom. The van der Waals surface area contributed by atoms with Crippen LogP contribution in [0.25, 0.3) is 24.3 Å². The van der Waals surface area contributed by atoms with Crippen LogP contribution in [0.4, 0.5) is 0 Å². The summed E-state index contributed by atoms with van der Waals surface area (Å²) in [5, 5.41) is 33.5. The summed E-state index contributed by atoms with van der Waals surface area (Å²) in [6, 6.07) is 0. The van der Waals surface area contributed by atoms with Crippen LogP contribution in [0.2, 0.25) is 0 Å². The van der Waals surface area contributed by atoms with Crippen molar-refractivity contribution in [1.82, 2.24) is 20.3 Å². The van der Waals surface area contributed by atoms with Crippen molar-refractivity contribution in [2.24, 2.45) is 5.92 Å². The van der Waals surface area contributed by atoms with Gasteiger partial charge in [-0.05, 0) is 99.1 Å². The van der Waals surface area contributed by atoms with Gasteiger partial charge in [-0.1, -0.05) is 18.7 Å². The number of allylic oxidation sites excluding steroid dienone is 2. The zero-order valence-electron chi connectivity index (χ0n) is 25.1. The van der Waals surface area contributed by atoms with E-state index in [9.17, 15) is 29.7 Å². The molecule has 3 aromatic heterocycles. The van der Waals surface area contributed by atoms with Gasteiger partial charge in [0.2, 0.25) is 5.91 Å². The SMILES string of the molecule is C=Cc1c(O)[nH]c(/C=c2/[nH]/c(=C\c3[nH]c(/C=C4\NC(=O)[C@@H](C)\C4=C/C)c(C)c3CCC(=O)O)c(CCC(=O)O)c2C)c1C. The molecule has 0 aliphatic carbocycles. The first-order valence-electron chi connectivity index (χ1n) is 14.1. The minimum absolute atomic E-state index is 0.0151. The van der Waals surface area contributed by atoms with Crippen LogP contribution in [0.1, 0.15) is 77.2 Å². The number of rotatable bonds is 10. The Morgan fingerprint density at radius 3 is 2.02 bits per heavy atom. The lowest BCUT2D eigenvalue weighted by molar-refractivity contribution is -0.138. The van der Waals surface area contributed by atoms with E-state index in [0.29, 0.717) is 28.0 Å². The van der Waals surface area contributed by atoms with Crippen LogP contribution in [0, 0.1) is 26.7 Å². The van der Waals surface area contributed by atoms with Gasteiger partial charge < -0.3 is 35.6 Å². The third-order valence-corrected chi connectivity index (χ3v) is 8.21. The second-order valence-electron chi connectivity index (χ2n) is 10.8. The quantitative estimate of drug-likeness (QED) is 0.191. The van der Waals surface area contributed by atoms with Gasteiger partial charge in [-0.25, -0.2) is 0 Å². The molecule has 10 heteroatoms. The minimum Gasteiger partial charge on any atom is -0.494 e. The van der Waals surface area contributed by atoms with Crippen molar-refractivity contribution in [3.63, 3.8) is 0 Å². The summed E-state index contributed by atoms with van der Waals surface area (Å²) < 4.78 is 0. The van der Waals surface area contributed by atoms with E-state index < -0.39 is 11.9 Å². The van der Waals surface area contributed by atoms with E-state index in [2.05, 4.69) is 26.8 Å². The molecule has 7 N–H and O–H groups in total. The summed E-state index contributed by atoms with van der Waals surface area (Å²) in [5.74, 6) is -2.18. The van der Waals surface area contributed by atoms with Crippen LogP contribution in [0.15, 0.2) is 23.9 Å². The predicted molar refractivity (Wildman–Crippen MR) is 166 cm³/mol. The van der Waals surface area contributed by atoms with Gasteiger partial charge in [0, 0.05) is 51.9 Å². The van der Waals surface area contributed by atoms with Crippen molar-refractivity contribution in [3.8, 4) is 5.88 Å². The molecule has 1 amide bonds. The molecule has 3 aromatic rings. The van der Waals surface area contributed by atoms with Crippen molar-refractivity contribution in [2.75, 3.05) is 0 Å². The van der Waals surface area contributed by atoms with Crippen LogP contribution in [-0.4, -0.2) is 48.1 Å². The summed E-state index contributed by atoms with van der Waals surface area (Å²) in [6.45, 7) is 13.2.